The Morgan fingerprint density at radius 3 is 2.45 bits per heavy atom. The Hall–Kier alpha value is -0.0800. The Morgan fingerprint density at radius 1 is 1.18 bits per heavy atom. The lowest BCUT2D eigenvalue weighted by molar-refractivity contribution is 0.0320. The zero-order valence-corrected chi connectivity index (χ0v) is 17.1. The van der Waals surface area contributed by atoms with Gasteiger partial charge in [-0.25, -0.2) is 0 Å². The molecule has 0 bridgehead atoms. The fraction of sp³-hybridized carbons (Fsp3) is 0.938. The van der Waals surface area contributed by atoms with Crippen LogP contribution in [0.5, 0.6) is 0 Å². The van der Waals surface area contributed by atoms with Gasteiger partial charge in [-0.3, -0.25) is 9.89 Å². The number of halogens is 1. The number of hydrogen-bond acceptors (Lipinski definition) is 3. The second-order valence-electron chi connectivity index (χ2n) is 6.43. The molecule has 22 heavy (non-hydrogen) atoms. The van der Waals surface area contributed by atoms with Crippen LogP contribution in [0.4, 0.5) is 0 Å². The maximum atomic E-state index is 5.38. The van der Waals surface area contributed by atoms with Crippen LogP contribution in [0.1, 0.15) is 33.6 Å². The van der Waals surface area contributed by atoms with E-state index in [2.05, 4.69) is 41.3 Å². The van der Waals surface area contributed by atoms with Gasteiger partial charge in [0, 0.05) is 39.8 Å². The van der Waals surface area contributed by atoms with E-state index in [4.69, 9.17) is 4.74 Å². The van der Waals surface area contributed by atoms with Crippen LogP contribution in [0, 0.1) is 11.8 Å². The summed E-state index contributed by atoms with van der Waals surface area (Å²) in [5, 5.41) is 6.82. The minimum Gasteiger partial charge on any atom is -0.379 e. The van der Waals surface area contributed by atoms with Crippen molar-refractivity contribution < 1.29 is 4.74 Å². The van der Waals surface area contributed by atoms with Crippen molar-refractivity contribution in [3.05, 3.63) is 0 Å². The van der Waals surface area contributed by atoms with E-state index < -0.39 is 0 Å². The lowest BCUT2D eigenvalue weighted by Gasteiger charge is -2.29. The van der Waals surface area contributed by atoms with Crippen molar-refractivity contribution in [3.8, 4) is 0 Å². The second kappa shape index (κ2) is 13.4. The zero-order valence-electron chi connectivity index (χ0n) is 14.7. The van der Waals surface area contributed by atoms with Crippen LogP contribution in [-0.4, -0.2) is 63.8 Å². The molecule has 0 aromatic heterocycles. The predicted octanol–water partition coefficient (Wildman–Crippen LogP) is 2.17. The molecule has 1 fully saturated rings. The maximum Gasteiger partial charge on any atom is 0.190 e. The van der Waals surface area contributed by atoms with Crippen LogP contribution >= 0.6 is 24.0 Å². The summed E-state index contributed by atoms with van der Waals surface area (Å²) in [6.45, 7) is 13.8. The highest BCUT2D eigenvalue weighted by Gasteiger charge is 2.13. The van der Waals surface area contributed by atoms with Gasteiger partial charge in [0.2, 0.25) is 0 Å². The van der Waals surface area contributed by atoms with Gasteiger partial charge < -0.3 is 15.4 Å². The molecule has 6 heteroatoms. The Kier molecular flexibility index (Phi) is 13.3. The van der Waals surface area contributed by atoms with Crippen LogP contribution in [0.3, 0.4) is 0 Å². The third kappa shape index (κ3) is 10.6. The van der Waals surface area contributed by atoms with Crippen LogP contribution in [0.2, 0.25) is 0 Å². The minimum absolute atomic E-state index is 0. The lowest BCUT2D eigenvalue weighted by atomic mass is 10.1. The summed E-state index contributed by atoms with van der Waals surface area (Å²) >= 11 is 0. The molecule has 0 amide bonds. The Bertz CT molecular complexity index is 294. The molecule has 1 unspecified atom stereocenters. The molecule has 0 radical (unpaired) electrons. The fourth-order valence-electron chi connectivity index (χ4n) is 2.50. The Morgan fingerprint density at radius 2 is 1.86 bits per heavy atom. The molecular weight excluding hydrogens is 391 g/mol. The third-order valence-corrected chi connectivity index (χ3v) is 3.77. The molecule has 0 aromatic carbocycles. The lowest BCUT2D eigenvalue weighted by Crippen LogP contribution is -2.44. The molecule has 1 atom stereocenters. The second-order valence-corrected chi connectivity index (χ2v) is 6.43. The summed E-state index contributed by atoms with van der Waals surface area (Å²) < 4.78 is 5.38. The van der Waals surface area contributed by atoms with Crippen molar-refractivity contribution in [1.82, 2.24) is 15.5 Å². The van der Waals surface area contributed by atoms with E-state index in [0.29, 0.717) is 5.92 Å². The van der Waals surface area contributed by atoms with E-state index in [-0.39, 0.29) is 24.0 Å². The molecule has 0 aliphatic carbocycles. The molecule has 1 saturated heterocycles. The summed E-state index contributed by atoms with van der Waals surface area (Å²) in [5.41, 5.74) is 0. The minimum atomic E-state index is 0. The van der Waals surface area contributed by atoms with Crippen LogP contribution in [0.25, 0.3) is 0 Å². The monoisotopic (exact) mass is 426 g/mol. The molecule has 1 aliphatic heterocycles. The quantitative estimate of drug-likeness (QED) is 0.270. The Labute approximate surface area is 153 Å². The van der Waals surface area contributed by atoms with Gasteiger partial charge >= 0.3 is 0 Å². The summed E-state index contributed by atoms with van der Waals surface area (Å²) in [4.78, 5) is 6.77. The smallest absolute Gasteiger partial charge is 0.190 e. The van der Waals surface area contributed by atoms with Gasteiger partial charge in [0.1, 0.15) is 0 Å². The molecule has 0 spiro atoms. The van der Waals surface area contributed by atoms with Gasteiger partial charge in [-0.05, 0) is 24.7 Å². The third-order valence-electron chi connectivity index (χ3n) is 3.77. The maximum absolute atomic E-state index is 5.38. The predicted molar refractivity (Wildman–Crippen MR) is 105 cm³/mol. The fourth-order valence-corrected chi connectivity index (χ4v) is 2.50. The highest BCUT2D eigenvalue weighted by molar-refractivity contribution is 14.0. The van der Waals surface area contributed by atoms with Crippen molar-refractivity contribution in [3.63, 3.8) is 0 Å². The number of morpholine rings is 1. The number of aliphatic imine (C=N–C) groups is 1. The summed E-state index contributed by atoms with van der Waals surface area (Å²) in [6.07, 6.45) is 2.46. The normalized spacial score (nSPS) is 18.0. The number of guanidine groups is 1. The first kappa shape index (κ1) is 21.9. The van der Waals surface area contributed by atoms with E-state index in [0.717, 1.165) is 57.8 Å². The number of nitrogens with one attached hydrogen (secondary N) is 2. The van der Waals surface area contributed by atoms with E-state index in [1.165, 1.54) is 12.8 Å². The zero-order chi connectivity index (χ0) is 15.5. The van der Waals surface area contributed by atoms with E-state index in [9.17, 15) is 0 Å². The van der Waals surface area contributed by atoms with Crippen molar-refractivity contribution >= 4 is 29.9 Å². The van der Waals surface area contributed by atoms with Crippen molar-refractivity contribution in [2.24, 2.45) is 16.8 Å². The summed E-state index contributed by atoms with van der Waals surface area (Å²) in [5.74, 6) is 2.31. The van der Waals surface area contributed by atoms with Gasteiger partial charge in [-0.1, -0.05) is 20.8 Å². The topological polar surface area (TPSA) is 48.9 Å². The largest absolute Gasteiger partial charge is 0.379 e. The van der Waals surface area contributed by atoms with E-state index in [1.807, 2.05) is 7.05 Å². The molecule has 132 valence electrons. The van der Waals surface area contributed by atoms with Gasteiger partial charge in [-0.2, -0.15) is 0 Å². The molecule has 0 saturated carbocycles. The van der Waals surface area contributed by atoms with Crippen molar-refractivity contribution in [1.29, 1.82) is 0 Å². The average molecular weight is 426 g/mol. The molecule has 1 heterocycles. The molecule has 1 aliphatic rings. The van der Waals surface area contributed by atoms with Crippen LogP contribution in [-0.2, 0) is 4.74 Å². The number of nitrogens with zero attached hydrogens (tertiary/aromatic N) is 2. The number of hydrogen-bond donors (Lipinski definition) is 2. The van der Waals surface area contributed by atoms with Crippen molar-refractivity contribution in [2.75, 3.05) is 53.0 Å². The van der Waals surface area contributed by atoms with E-state index >= 15 is 0 Å². The molecule has 1 rings (SSSR count). The SMILES string of the molecule is CN=C(NCCCC(C)C)NCC(C)CN1CCOCC1.I. The molecule has 2 N–H and O–H groups in total. The first-order chi connectivity index (χ1) is 10.1. The number of rotatable bonds is 8. The number of ether oxygens (including phenoxy) is 1. The van der Waals surface area contributed by atoms with Gasteiger partial charge in [0.25, 0.3) is 0 Å². The molecule has 5 nitrogen and oxygen atoms in total. The standard InChI is InChI=1S/C16H34N4O.HI/c1-14(2)6-5-7-18-16(17-4)19-12-15(3)13-20-8-10-21-11-9-20;/h14-15H,5-13H2,1-4H3,(H2,17,18,19);1H. The van der Waals surface area contributed by atoms with Gasteiger partial charge in [-0.15, -0.1) is 24.0 Å². The molecular formula is C16H35IN4O. The van der Waals surface area contributed by atoms with Gasteiger partial charge in [0.15, 0.2) is 5.96 Å². The molecule has 0 aromatic rings. The summed E-state index contributed by atoms with van der Waals surface area (Å²) in [6, 6.07) is 0. The highest BCUT2D eigenvalue weighted by Crippen LogP contribution is 2.03. The van der Waals surface area contributed by atoms with E-state index in [1.54, 1.807) is 0 Å². The van der Waals surface area contributed by atoms with Crippen LogP contribution in [0.15, 0.2) is 4.99 Å². The highest BCUT2D eigenvalue weighted by atomic mass is 127. The first-order valence-electron chi connectivity index (χ1n) is 8.36. The van der Waals surface area contributed by atoms with Crippen molar-refractivity contribution in [2.45, 2.75) is 33.6 Å². The summed E-state index contributed by atoms with van der Waals surface area (Å²) in [7, 11) is 1.84. The first-order valence-corrected chi connectivity index (χ1v) is 8.36. The van der Waals surface area contributed by atoms with Gasteiger partial charge in [0.05, 0.1) is 13.2 Å². The average Bonchev–Trinajstić information content (AvgIpc) is 2.47. The Balaban J connectivity index is 0.00000441. The van der Waals surface area contributed by atoms with Crippen LogP contribution < -0.4 is 10.6 Å².